The standard InChI is InChI=1S/C14H22O/c1-9(2)14-11(5)7-8-13(12(14)6)15-10(3)4/h7-10H,1-6H3. The zero-order valence-corrected chi connectivity index (χ0v) is 10.7. The summed E-state index contributed by atoms with van der Waals surface area (Å²) in [7, 11) is 0. The van der Waals surface area contributed by atoms with Crippen LogP contribution in [0.15, 0.2) is 12.1 Å². The highest BCUT2D eigenvalue weighted by Gasteiger charge is 2.12. The molecule has 0 spiro atoms. The molecule has 0 aliphatic carbocycles. The van der Waals surface area contributed by atoms with E-state index >= 15 is 0 Å². The van der Waals surface area contributed by atoms with Gasteiger partial charge in [-0.1, -0.05) is 19.9 Å². The minimum atomic E-state index is 0.242. The average Bonchev–Trinajstić information content (AvgIpc) is 2.09. The van der Waals surface area contributed by atoms with Crippen LogP contribution in [0, 0.1) is 13.8 Å². The van der Waals surface area contributed by atoms with Gasteiger partial charge in [-0.05, 0) is 56.4 Å². The van der Waals surface area contributed by atoms with Crippen molar-refractivity contribution in [2.45, 2.75) is 53.6 Å². The number of rotatable bonds is 3. The predicted molar refractivity (Wildman–Crippen MR) is 65.8 cm³/mol. The second-order valence-electron chi connectivity index (χ2n) is 4.74. The van der Waals surface area contributed by atoms with Crippen molar-refractivity contribution in [3.8, 4) is 5.75 Å². The van der Waals surface area contributed by atoms with E-state index in [0.29, 0.717) is 5.92 Å². The molecule has 0 atom stereocenters. The summed E-state index contributed by atoms with van der Waals surface area (Å²) in [6, 6.07) is 4.23. The summed E-state index contributed by atoms with van der Waals surface area (Å²) in [5.74, 6) is 1.58. The Bertz CT molecular complexity index is 337. The molecule has 0 saturated heterocycles. The number of ether oxygens (including phenoxy) is 1. The third-order valence-corrected chi connectivity index (χ3v) is 2.62. The molecule has 1 heteroatoms. The van der Waals surface area contributed by atoms with Crippen molar-refractivity contribution in [2.75, 3.05) is 0 Å². The first-order chi connectivity index (χ1) is 6.93. The molecule has 0 bridgehead atoms. The third kappa shape index (κ3) is 2.74. The van der Waals surface area contributed by atoms with E-state index in [0.717, 1.165) is 5.75 Å². The van der Waals surface area contributed by atoms with Gasteiger partial charge in [0.2, 0.25) is 0 Å². The molecule has 0 aromatic heterocycles. The lowest BCUT2D eigenvalue weighted by Crippen LogP contribution is -2.08. The van der Waals surface area contributed by atoms with E-state index in [4.69, 9.17) is 4.74 Å². The molecule has 1 nitrogen and oxygen atoms in total. The van der Waals surface area contributed by atoms with Crippen molar-refractivity contribution in [3.63, 3.8) is 0 Å². The number of hydrogen-bond acceptors (Lipinski definition) is 1. The molecule has 0 aliphatic heterocycles. The minimum Gasteiger partial charge on any atom is -0.491 e. The molecule has 0 aliphatic rings. The lowest BCUT2D eigenvalue weighted by molar-refractivity contribution is 0.240. The Balaban J connectivity index is 3.16. The molecule has 1 aromatic rings. The first-order valence-electron chi connectivity index (χ1n) is 5.70. The van der Waals surface area contributed by atoms with Crippen LogP contribution in [0.4, 0.5) is 0 Å². The summed E-state index contributed by atoms with van der Waals surface area (Å²) < 4.78 is 5.79. The fourth-order valence-electron chi connectivity index (χ4n) is 2.11. The molecule has 1 aromatic carbocycles. The Hall–Kier alpha value is -0.980. The highest BCUT2D eigenvalue weighted by molar-refractivity contribution is 5.45. The van der Waals surface area contributed by atoms with Gasteiger partial charge >= 0.3 is 0 Å². The van der Waals surface area contributed by atoms with E-state index in [9.17, 15) is 0 Å². The largest absolute Gasteiger partial charge is 0.491 e. The molecule has 1 rings (SSSR count). The monoisotopic (exact) mass is 206 g/mol. The van der Waals surface area contributed by atoms with Gasteiger partial charge in [-0.2, -0.15) is 0 Å². The minimum absolute atomic E-state index is 0.242. The van der Waals surface area contributed by atoms with Crippen LogP contribution in [-0.4, -0.2) is 6.10 Å². The van der Waals surface area contributed by atoms with Gasteiger partial charge < -0.3 is 4.74 Å². The van der Waals surface area contributed by atoms with Crippen molar-refractivity contribution in [2.24, 2.45) is 0 Å². The second kappa shape index (κ2) is 4.69. The van der Waals surface area contributed by atoms with Crippen LogP contribution in [0.3, 0.4) is 0 Å². The molecule has 0 fully saturated rings. The van der Waals surface area contributed by atoms with Gasteiger partial charge in [0, 0.05) is 0 Å². The highest BCUT2D eigenvalue weighted by Crippen LogP contribution is 2.30. The van der Waals surface area contributed by atoms with Gasteiger partial charge in [0.05, 0.1) is 6.10 Å². The fraction of sp³-hybridized carbons (Fsp3) is 0.571. The molecular formula is C14H22O. The van der Waals surface area contributed by atoms with Crippen molar-refractivity contribution in [3.05, 3.63) is 28.8 Å². The summed E-state index contributed by atoms with van der Waals surface area (Å²) in [5, 5.41) is 0. The Morgan fingerprint density at radius 1 is 1.00 bits per heavy atom. The zero-order valence-electron chi connectivity index (χ0n) is 10.7. The zero-order chi connectivity index (χ0) is 11.6. The smallest absolute Gasteiger partial charge is 0.122 e. The van der Waals surface area contributed by atoms with Crippen LogP contribution in [-0.2, 0) is 0 Å². The maximum Gasteiger partial charge on any atom is 0.122 e. The lowest BCUT2D eigenvalue weighted by atomic mass is 9.93. The molecule has 0 saturated carbocycles. The SMILES string of the molecule is Cc1ccc(OC(C)C)c(C)c1C(C)C. The van der Waals surface area contributed by atoms with Crippen LogP contribution in [0.25, 0.3) is 0 Å². The molecule has 0 N–H and O–H groups in total. The first kappa shape index (κ1) is 12.1. The lowest BCUT2D eigenvalue weighted by Gasteiger charge is -2.19. The van der Waals surface area contributed by atoms with Gasteiger partial charge in [-0.15, -0.1) is 0 Å². The highest BCUT2D eigenvalue weighted by atomic mass is 16.5. The fourth-order valence-corrected chi connectivity index (χ4v) is 2.11. The van der Waals surface area contributed by atoms with Gasteiger partial charge in [0.25, 0.3) is 0 Å². The van der Waals surface area contributed by atoms with Gasteiger partial charge in [-0.25, -0.2) is 0 Å². The molecule has 84 valence electrons. The van der Waals surface area contributed by atoms with Crippen molar-refractivity contribution < 1.29 is 4.74 Å². The van der Waals surface area contributed by atoms with Crippen molar-refractivity contribution >= 4 is 0 Å². The molecule has 0 amide bonds. The van der Waals surface area contributed by atoms with Gasteiger partial charge in [0.1, 0.15) is 5.75 Å². The maximum atomic E-state index is 5.79. The van der Waals surface area contributed by atoms with Crippen molar-refractivity contribution in [1.29, 1.82) is 0 Å². The van der Waals surface area contributed by atoms with Gasteiger partial charge in [-0.3, -0.25) is 0 Å². The summed E-state index contributed by atoms with van der Waals surface area (Å²) in [5.41, 5.74) is 4.07. The van der Waals surface area contributed by atoms with Crippen LogP contribution in [0.5, 0.6) is 5.75 Å². The van der Waals surface area contributed by atoms with Crippen LogP contribution in [0.2, 0.25) is 0 Å². The first-order valence-corrected chi connectivity index (χ1v) is 5.70. The molecular weight excluding hydrogens is 184 g/mol. The number of benzene rings is 1. The Morgan fingerprint density at radius 3 is 2.07 bits per heavy atom. The summed E-state index contributed by atoms with van der Waals surface area (Å²) in [6.45, 7) is 12.9. The summed E-state index contributed by atoms with van der Waals surface area (Å²) in [6.07, 6.45) is 0.242. The molecule has 0 radical (unpaired) electrons. The van der Waals surface area contributed by atoms with E-state index in [1.54, 1.807) is 0 Å². The van der Waals surface area contributed by atoms with E-state index < -0.39 is 0 Å². The van der Waals surface area contributed by atoms with E-state index in [1.165, 1.54) is 16.7 Å². The molecule has 0 unspecified atom stereocenters. The van der Waals surface area contributed by atoms with Crippen LogP contribution < -0.4 is 4.74 Å². The Labute approximate surface area is 93.5 Å². The van der Waals surface area contributed by atoms with Crippen LogP contribution in [0.1, 0.15) is 50.3 Å². The van der Waals surface area contributed by atoms with E-state index in [2.05, 4.69) is 53.7 Å². The van der Waals surface area contributed by atoms with Crippen LogP contribution >= 0.6 is 0 Å². The predicted octanol–water partition coefficient (Wildman–Crippen LogP) is 4.21. The van der Waals surface area contributed by atoms with Gasteiger partial charge in [0.15, 0.2) is 0 Å². The third-order valence-electron chi connectivity index (χ3n) is 2.62. The summed E-state index contributed by atoms with van der Waals surface area (Å²) >= 11 is 0. The van der Waals surface area contributed by atoms with Crippen molar-refractivity contribution in [1.82, 2.24) is 0 Å². The molecule has 0 heterocycles. The molecule has 15 heavy (non-hydrogen) atoms. The number of hydrogen-bond donors (Lipinski definition) is 0. The Morgan fingerprint density at radius 2 is 1.60 bits per heavy atom. The van der Waals surface area contributed by atoms with E-state index in [1.807, 2.05) is 0 Å². The van der Waals surface area contributed by atoms with E-state index in [-0.39, 0.29) is 6.10 Å². The topological polar surface area (TPSA) is 9.23 Å². The Kier molecular flexibility index (Phi) is 3.78. The average molecular weight is 206 g/mol. The quantitative estimate of drug-likeness (QED) is 0.719. The maximum absolute atomic E-state index is 5.79. The summed E-state index contributed by atoms with van der Waals surface area (Å²) in [4.78, 5) is 0. The number of aryl methyl sites for hydroxylation is 1. The normalized spacial score (nSPS) is 11.2. The second-order valence-corrected chi connectivity index (χ2v) is 4.74.